The zero-order chi connectivity index (χ0) is 15.2. The number of carbonyl (C=O) groups is 1. The molecule has 112 valence electrons. The van der Waals surface area contributed by atoms with Crippen LogP contribution in [0.5, 0.6) is 0 Å². The van der Waals surface area contributed by atoms with Gasteiger partial charge in [-0.2, -0.15) is 0 Å². The number of aliphatic hydroxyl groups is 3. The first kappa shape index (κ1) is 22.6. The second-order valence-corrected chi connectivity index (χ2v) is 3.78. The average Bonchev–Trinajstić information content (AvgIpc) is 2.26. The number of aliphatic hydroxyl groups excluding tert-OH is 3. The topological polar surface area (TPSA) is 191 Å². The number of hydrogen-bond acceptors (Lipinski definition) is 7. The van der Waals surface area contributed by atoms with Gasteiger partial charge in [-0.05, 0) is 6.92 Å². The van der Waals surface area contributed by atoms with Gasteiger partial charge in [0.15, 0.2) is 0 Å². The van der Waals surface area contributed by atoms with Gasteiger partial charge in [-0.3, -0.25) is 9.32 Å². The van der Waals surface area contributed by atoms with Gasteiger partial charge in [-0.1, -0.05) is 0 Å². The maximum atomic E-state index is 9.93. The van der Waals surface area contributed by atoms with E-state index in [1.54, 1.807) is 6.92 Å². The van der Waals surface area contributed by atoms with Crippen molar-refractivity contribution < 1.29 is 44.1 Å². The summed E-state index contributed by atoms with van der Waals surface area (Å²) in [5, 5.41) is 31.8. The fourth-order valence-corrected chi connectivity index (χ4v) is 0.602. The van der Waals surface area contributed by atoms with Crippen molar-refractivity contribution in [2.24, 2.45) is 5.73 Å². The summed E-state index contributed by atoms with van der Waals surface area (Å²) in [5.74, 6) is -0.968. The highest BCUT2D eigenvalue weighted by molar-refractivity contribution is 7.46. The number of nitrogens with two attached hydrogens (primary N) is 1. The Kier molecular flexibility index (Phi) is 18.2. The molecular formula is C7H20NO9P. The van der Waals surface area contributed by atoms with Crippen molar-refractivity contribution in [1.82, 2.24) is 0 Å². The van der Waals surface area contributed by atoms with E-state index in [1.165, 1.54) is 0 Å². The molecule has 0 fully saturated rings. The predicted octanol–water partition coefficient (Wildman–Crippen LogP) is -2.52. The summed E-state index contributed by atoms with van der Waals surface area (Å²) in [6.45, 7) is 0.501. The molecule has 0 spiro atoms. The molecule has 10 nitrogen and oxygen atoms in total. The molecule has 0 radical (unpaired) electrons. The predicted molar refractivity (Wildman–Crippen MR) is 60.5 cm³/mol. The van der Waals surface area contributed by atoms with Crippen LogP contribution in [0.2, 0.25) is 0 Å². The lowest BCUT2D eigenvalue weighted by atomic mass is 10.4. The van der Waals surface area contributed by atoms with E-state index in [1.807, 2.05) is 0 Å². The van der Waals surface area contributed by atoms with Crippen LogP contribution in [-0.4, -0.2) is 68.7 Å². The van der Waals surface area contributed by atoms with Crippen molar-refractivity contribution in [3.05, 3.63) is 0 Å². The first-order valence-electron chi connectivity index (χ1n) is 4.66. The van der Waals surface area contributed by atoms with Crippen LogP contribution >= 0.6 is 7.82 Å². The molecule has 0 aromatic rings. The van der Waals surface area contributed by atoms with Crippen LogP contribution in [0.15, 0.2) is 0 Å². The lowest BCUT2D eigenvalue weighted by Crippen LogP contribution is -2.18. The maximum absolute atomic E-state index is 9.93. The largest absolute Gasteiger partial charge is 0.480 e. The van der Waals surface area contributed by atoms with E-state index in [-0.39, 0.29) is 13.2 Å². The van der Waals surface area contributed by atoms with E-state index in [0.29, 0.717) is 0 Å². The third-order valence-corrected chi connectivity index (χ3v) is 1.31. The molecule has 0 aliphatic rings. The molecule has 0 saturated heterocycles. The first-order chi connectivity index (χ1) is 8.14. The highest BCUT2D eigenvalue weighted by Crippen LogP contribution is 2.35. The number of phosphoric ester groups is 1. The Morgan fingerprint density at radius 2 is 1.72 bits per heavy atom. The SMILES string of the molecule is CCO.NCC(=O)O.O=P(O)(O)OCC(O)CO. The Bertz CT molecular complexity index is 231. The second-order valence-electron chi connectivity index (χ2n) is 2.54. The van der Waals surface area contributed by atoms with Gasteiger partial charge in [-0.25, -0.2) is 4.57 Å². The van der Waals surface area contributed by atoms with Gasteiger partial charge < -0.3 is 35.9 Å². The standard InChI is InChI=1S/C3H9O6P.C2H5NO2.C2H6O/c4-1-3(5)2-9-10(6,7)8;3-1-2(4)5;1-2-3/h3-5H,1-2H2,(H2,6,7,8);1,3H2,(H,4,5);3H,2H2,1H3. The van der Waals surface area contributed by atoms with E-state index in [4.69, 9.17) is 30.2 Å². The van der Waals surface area contributed by atoms with Gasteiger partial charge in [-0.15, -0.1) is 0 Å². The number of rotatable bonds is 5. The Balaban J connectivity index is -0.000000235. The van der Waals surface area contributed by atoms with Gasteiger partial charge in [0.1, 0.15) is 6.10 Å². The minimum absolute atomic E-state index is 0.250. The van der Waals surface area contributed by atoms with Gasteiger partial charge in [0.25, 0.3) is 0 Å². The van der Waals surface area contributed by atoms with Gasteiger partial charge in [0.05, 0.1) is 19.8 Å². The van der Waals surface area contributed by atoms with Crippen LogP contribution in [0.1, 0.15) is 6.92 Å². The molecule has 8 N–H and O–H groups in total. The van der Waals surface area contributed by atoms with Gasteiger partial charge in [0, 0.05) is 6.61 Å². The molecule has 0 bridgehead atoms. The Labute approximate surface area is 104 Å². The van der Waals surface area contributed by atoms with E-state index in [9.17, 15) is 9.36 Å². The molecule has 0 aromatic carbocycles. The lowest BCUT2D eigenvalue weighted by molar-refractivity contribution is -0.135. The normalized spacial score (nSPS) is 11.5. The van der Waals surface area contributed by atoms with Crippen molar-refractivity contribution >= 4 is 13.8 Å². The van der Waals surface area contributed by atoms with E-state index < -0.39 is 33.1 Å². The first-order valence-corrected chi connectivity index (χ1v) is 6.19. The molecule has 11 heteroatoms. The van der Waals surface area contributed by atoms with Crippen LogP contribution in [0.25, 0.3) is 0 Å². The summed E-state index contributed by atoms with van der Waals surface area (Å²) in [5.41, 5.74) is 4.57. The summed E-state index contributed by atoms with van der Waals surface area (Å²) in [6.07, 6.45) is -1.24. The summed E-state index contributed by atoms with van der Waals surface area (Å²) >= 11 is 0. The molecule has 0 heterocycles. The minimum atomic E-state index is -4.50. The Morgan fingerprint density at radius 3 is 1.89 bits per heavy atom. The second kappa shape index (κ2) is 14.5. The fourth-order valence-electron chi connectivity index (χ4n) is 0.236. The summed E-state index contributed by atoms with van der Waals surface area (Å²) in [7, 11) is -4.50. The fraction of sp³-hybridized carbons (Fsp3) is 0.857. The highest BCUT2D eigenvalue weighted by atomic mass is 31.2. The lowest BCUT2D eigenvalue weighted by Gasteiger charge is -2.07. The minimum Gasteiger partial charge on any atom is -0.480 e. The number of aliphatic carboxylic acids is 1. The molecule has 0 aliphatic carbocycles. The number of hydrogen-bond donors (Lipinski definition) is 7. The smallest absolute Gasteiger partial charge is 0.469 e. The number of phosphoric acid groups is 1. The van der Waals surface area contributed by atoms with Crippen molar-refractivity contribution in [2.75, 3.05) is 26.4 Å². The monoisotopic (exact) mass is 293 g/mol. The molecule has 1 atom stereocenters. The van der Waals surface area contributed by atoms with Crippen LogP contribution in [-0.2, 0) is 13.9 Å². The molecule has 0 saturated carbocycles. The van der Waals surface area contributed by atoms with Crippen molar-refractivity contribution in [1.29, 1.82) is 0 Å². The number of carboxylic acid groups (broad SMARTS) is 1. The molecular weight excluding hydrogens is 273 g/mol. The summed E-state index contributed by atoms with van der Waals surface area (Å²) < 4.78 is 13.8. The third-order valence-electron chi connectivity index (χ3n) is 0.820. The molecule has 0 rings (SSSR count). The molecule has 0 amide bonds. The Morgan fingerprint density at radius 1 is 1.39 bits per heavy atom. The summed E-state index contributed by atoms with van der Waals surface area (Å²) in [4.78, 5) is 25.4. The van der Waals surface area contributed by atoms with E-state index in [0.717, 1.165) is 0 Å². The van der Waals surface area contributed by atoms with E-state index in [2.05, 4.69) is 10.3 Å². The average molecular weight is 293 g/mol. The van der Waals surface area contributed by atoms with Crippen LogP contribution in [0, 0.1) is 0 Å². The van der Waals surface area contributed by atoms with Crippen LogP contribution < -0.4 is 5.73 Å². The number of carboxylic acids is 1. The third kappa shape index (κ3) is 36.1. The van der Waals surface area contributed by atoms with Gasteiger partial charge in [0.2, 0.25) is 0 Å². The van der Waals surface area contributed by atoms with Crippen LogP contribution in [0.3, 0.4) is 0 Å². The molecule has 1 unspecified atom stereocenters. The highest BCUT2D eigenvalue weighted by Gasteiger charge is 2.15. The zero-order valence-corrected chi connectivity index (χ0v) is 10.7. The van der Waals surface area contributed by atoms with Crippen molar-refractivity contribution in [2.45, 2.75) is 13.0 Å². The molecule has 18 heavy (non-hydrogen) atoms. The molecule has 0 aromatic heterocycles. The van der Waals surface area contributed by atoms with Crippen molar-refractivity contribution in [3.63, 3.8) is 0 Å². The van der Waals surface area contributed by atoms with Crippen molar-refractivity contribution in [3.8, 4) is 0 Å². The summed E-state index contributed by atoms with van der Waals surface area (Å²) in [6, 6.07) is 0. The Hall–Kier alpha value is -0.580. The van der Waals surface area contributed by atoms with Gasteiger partial charge >= 0.3 is 13.8 Å². The quantitative estimate of drug-likeness (QED) is 0.266. The van der Waals surface area contributed by atoms with Crippen LogP contribution in [0.4, 0.5) is 0 Å². The van der Waals surface area contributed by atoms with E-state index >= 15 is 0 Å². The zero-order valence-electron chi connectivity index (χ0n) is 9.84. The maximum Gasteiger partial charge on any atom is 0.469 e. The molecule has 0 aliphatic heterocycles.